The van der Waals surface area contributed by atoms with Crippen LogP contribution in [-0.4, -0.2) is 34.7 Å². The minimum Gasteiger partial charge on any atom is -0.310 e. The fraction of sp³-hybridized carbons (Fsp3) is 0.421. The summed E-state index contributed by atoms with van der Waals surface area (Å²) in [6.45, 7) is 3.87. The summed E-state index contributed by atoms with van der Waals surface area (Å²) >= 11 is 0. The molecule has 2 aromatic rings. The van der Waals surface area contributed by atoms with Crippen LogP contribution in [0.1, 0.15) is 36.7 Å². The molecule has 0 bridgehead atoms. The summed E-state index contributed by atoms with van der Waals surface area (Å²) in [7, 11) is 0. The molecule has 6 nitrogen and oxygen atoms in total. The molecule has 2 heterocycles. The molecule has 130 valence electrons. The SMILES string of the molecule is CCn1nccc1C(=O)N1CCCN(C(=O)C2CC2)c2ccccc21. The number of rotatable bonds is 3. The number of aromatic nitrogens is 2. The predicted octanol–water partition coefficient (Wildman–Crippen LogP) is 2.70. The van der Waals surface area contributed by atoms with Gasteiger partial charge in [-0.2, -0.15) is 5.10 Å². The third kappa shape index (κ3) is 2.81. The Hall–Kier alpha value is -2.63. The van der Waals surface area contributed by atoms with Crippen molar-refractivity contribution < 1.29 is 9.59 Å². The van der Waals surface area contributed by atoms with Crippen molar-refractivity contribution in [2.75, 3.05) is 22.9 Å². The Morgan fingerprint density at radius 1 is 1.08 bits per heavy atom. The second-order valence-corrected chi connectivity index (χ2v) is 6.60. The van der Waals surface area contributed by atoms with Gasteiger partial charge in [0.25, 0.3) is 5.91 Å². The molecular formula is C19H22N4O2. The van der Waals surface area contributed by atoms with Gasteiger partial charge in [-0.15, -0.1) is 0 Å². The standard InChI is InChI=1S/C19H22N4O2/c1-2-23-17(10-11-20-23)19(25)22-13-5-12-21(18(24)14-8-9-14)15-6-3-4-7-16(15)22/h3-4,6-7,10-11,14H,2,5,8-9,12-13H2,1H3. The molecule has 0 saturated heterocycles. The minimum absolute atomic E-state index is 0.0625. The van der Waals surface area contributed by atoms with Gasteiger partial charge in [0.05, 0.1) is 11.4 Å². The second-order valence-electron chi connectivity index (χ2n) is 6.60. The molecule has 0 spiro atoms. The quantitative estimate of drug-likeness (QED) is 0.864. The van der Waals surface area contributed by atoms with E-state index in [4.69, 9.17) is 0 Å². The number of benzene rings is 1. The van der Waals surface area contributed by atoms with Gasteiger partial charge in [0.1, 0.15) is 5.69 Å². The molecule has 25 heavy (non-hydrogen) atoms. The van der Waals surface area contributed by atoms with E-state index in [1.54, 1.807) is 21.8 Å². The summed E-state index contributed by atoms with van der Waals surface area (Å²) in [6, 6.07) is 9.47. The molecule has 1 aliphatic carbocycles. The molecular weight excluding hydrogens is 316 g/mol. The minimum atomic E-state index is -0.0625. The van der Waals surface area contributed by atoms with Crippen LogP contribution in [0, 0.1) is 5.92 Å². The fourth-order valence-corrected chi connectivity index (χ4v) is 3.44. The number of anilines is 2. The molecule has 1 aromatic heterocycles. The molecule has 6 heteroatoms. The van der Waals surface area contributed by atoms with Crippen molar-refractivity contribution in [3.05, 3.63) is 42.2 Å². The Bertz CT molecular complexity index is 809. The number of aryl methyl sites for hydroxylation is 1. The van der Waals surface area contributed by atoms with Crippen LogP contribution in [0.4, 0.5) is 11.4 Å². The molecule has 0 atom stereocenters. The number of fused-ring (bicyclic) bond motifs is 1. The first-order chi connectivity index (χ1) is 12.2. The Balaban J connectivity index is 1.72. The Morgan fingerprint density at radius 2 is 1.76 bits per heavy atom. The number of nitrogens with zero attached hydrogens (tertiary/aromatic N) is 4. The van der Waals surface area contributed by atoms with Crippen LogP contribution in [0.3, 0.4) is 0 Å². The van der Waals surface area contributed by atoms with Crippen molar-refractivity contribution in [3.63, 3.8) is 0 Å². The number of amides is 2. The number of para-hydroxylation sites is 2. The molecule has 0 N–H and O–H groups in total. The molecule has 1 aliphatic heterocycles. The van der Waals surface area contributed by atoms with E-state index in [1.165, 1.54) is 0 Å². The largest absolute Gasteiger partial charge is 0.310 e. The molecule has 1 saturated carbocycles. The van der Waals surface area contributed by atoms with E-state index < -0.39 is 0 Å². The van der Waals surface area contributed by atoms with Crippen LogP contribution in [0.15, 0.2) is 36.5 Å². The lowest BCUT2D eigenvalue weighted by Crippen LogP contribution is -2.33. The average Bonchev–Trinajstić information content (AvgIpc) is 3.41. The smallest absolute Gasteiger partial charge is 0.276 e. The van der Waals surface area contributed by atoms with Crippen molar-refractivity contribution in [2.24, 2.45) is 5.92 Å². The van der Waals surface area contributed by atoms with E-state index in [0.717, 1.165) is 30.6 Å². The Morgan fingerprint density at radius 3 is 2.44 bits per heavy atom. The van der Waals surface area contributed by atoms with Crippen LogP contribution in [-0.2, 0) is 11.3 Å². The van der Waals surface area contributed by atoms with E-state index in [1.807, 2.05) is 36.1 Å². The molecule has 0 unspecified atom stereocenters. The maximum absolute atomic E-state index is 13.1. The highest BCUT2D eigenvalue weighted by Gasteiger charge is 2.36. The molecule has 2 aliphatic rings. The van der Waals surface area contributed by atoms with E-state index in [2.05, 4.69) is 5.10 Å². The number of hydrogen-bond donors (Lipinski definition) is 0. The van der Waals surface area contributed by atoms with Gasteiger partial charge in [-0.1, -0.05) is 12.1 Å². The maximum atomic E-state index is 13.1. The third-order valence-electron chi connectivity index (χ3n) is 4.90. The maximum Gasteiger partial charge on any atom is 0.276 e. The first kappa shape index (κ1) is 15.9. The van der Waals surface area contributed by atoms with Gasteiger partial charge >= 0.3 is 0 Å². The lowest BCUT2D eigenvalue weighted by molar-refractivity contribution is -0.119. The average molecular weight is 338 g/mol. The summed E-state index contributed by atoms with van der Waals surface area (Å²) in [4.78, 5) is 29.5. The summed E-state index contributed by atoms with van der Waals surface area (Å²) in [5.74, 6) is 0.296. The third-order valence-corrected chi connectivity index (χ3v) is 4.90. The molecule has 1 fully saturated rings. The summed E-state index contributed by atoms with van der Waals surface area (Å²) in [5, 5.41) is 4.21. The van der Waals surface area contributed by atoms with Gasteiger partial charge in [-0.25, -0.2) is 0 Å². The van der Waals surface area contributed by atoms with Crippen molar-refractivity contribution >= 4 is 23.2 Å². The summed E-state index contributed by atoms with van der Waals surface area (Å²) in [6.07, 6.45) is 4.38. The Labute approximate surface area is 147 Å². The predicted molar refractivity (Wildman–Crippen MR) is 95.7 cm³/mol. The Kier molecular flexibility index (Phi) is 4.03. The zero-order valence-corrected chi connectivity index (χ0v) is 14.4. The van der Waals surface area contributed by atoms with Crippen molar-refractivity contribution in [1.82, 2.24) is 9.78 Å². The summed E-state index contributed by atoms with van der Waals surface area (Å²) < 4.78 is 1.71. The van der Waals surface area contributed by atoms with Crippen LogP contribution in [0.2, 0.25) is 0 Å². The van der Waals surface area contributed by atoms with E-state index in [9.17, 15) is 9.59 Å². The highest BCUT2D eigenvalue weighted by molar-refractivity contribution is 6.09. The van der Waals surface area contributed by atoms with E-state index in [0.29, 0.717) is 25.3 Å². The number of carbonyl (C=O) groups excluding carboxylic acids is 2. The number of hydrogen-bond acceptors (Lipinski definition) is 3. The lowest BCUT2D eigenvalue weighted by atomic mass is 10.2. The molecule has 0 radical (unpaired) electrons. The first-order valence-corrected chi connectivity index (χ1v) is 8.94. The lowest BCUT2D eigenvalue weighted by Gasteiger charge is -2.25. The van der Waals surface area contributed by atoms with E-state index >= 15 is 0 Å². The molecule has 2 amide bonds. The zero-order chi connectivity index (χ0) is 17.4. The van der Waals surface area contributed by atoms with Gasteiger partial charge in [-0.3, -0.25) is 14.3 Å². The van der Waals surface area contributed by atoms with Gasteiger partial charge in [-0.05, 0) is 44.4 Å². The van der Waals surface area contributed by atoms with Crippen LogP contribution >= 0.6 is 0 Å². The van der Waals surface area contributed by atoms with Crippen LogP contribution in [0.25, 0.3) is 0 Å². The highest BCUT2D eigenvalue weighted by atomic mass is 16.2. The van der Waals surface area contributed by atoms with Crippen molar-refractivity contribution in [1.29, 1.82) is 0 Å². The highest BCUT2D eigenvalue weighted by Crippen LogP contribution is 2.38. The molecule has 1 aromatic carbocycles. The van der Waals surface area contributed by atoms with Crippen molar-refractivity contribution in [3.8, 4) is 0 Å². The van der Waals surface area contributed by atoms with Gasteiger partial charge < -0.3 is 9.80 Å². The van der Waals surface area contributed by atoms with Crippen LogP contribution < -0.4 is 9.80 Å². The van der Waals surface area contributed by atoms with Crippen molar-refractivity contribution in [2.45, 2.75) is 32.7 Å². The van der Waals surface area contributed by atoms with Crippen LogP contribution in [0.5, 0.6) is 0 Å². The topological polar surface area (TPSA) is 58.4 Å². The first-order valence-electron chi connectivity index (χ1n) is 8.94. The summed E-state index contributed by atoms with van der Waals surface area (Å²) in [5.41, 5.74) is 2.23. The number of carbonyl (C=O) groups is 2. The molecule has 4 rings (SSSR count). The normalized spacial score (nSPS) is 17.2. The van der Waals surface area contributed by atoms with Gasteiger partial charge in [0.15, 0.2) is 0 Å². The zero-order valence-electron chi connectivity index (χ0n) is 14.4. The fourth-order valence-electron chi connectivity index (χ4n) is 3.44. The monoisotopic (exact) mass is 338 g/mol. The van der Waals surface area contributed by atoms with Gasteiger partial charge in [0, 0.05) is 31.7 Å². The second kappa shape index (κ2) is 6.35. The van der Waals surface area contributed by atoms with E-state index in [-0.39, 0.29) is 17.7 Å². The van der Waals surface area contributed by atoms with Gasteiger partial charge in [0.2, 0.25) is 5.91 Å².